The molecule has 2 nitrogen and oxygen atoms in total. The molecule has 4 saturated carbocycles. The molecule has 0 radical (unpaired) electrons. The van der Waals surface area contributed by atoms with E-state index in [-0.39, 0.29) is 0 Å². The monoisotopic (exact) mass is 302 g/mol. The van der Waals surface area contributed by atoms with Crippen molar-refractivity contribution in [3.05, 3.63) is 0 Å². The van der Waals surface area contributed by atoms with Gasteiger partial charge in [0, 0.05) is 18.8 Å². The molecule has 4 aliphatic rings. The van der Waals surface area contributed by atoms with Crippen molar-refractivity contribution in [3.8, 4) is 0 Å². The van der Waals surface area contributed by atoms with E-state index in [2.05, 4.69) is 6.92 Å². The Bertz CT molecular complexity index is 496. The molecule has 7 atom stereocenters. The van der Waals surface area contributed by atoms with Crippen LogP contribution in [0.3, 0.4) is 0 Å². The van der Waals surface area contributed by atoms with Crippen LogP contribution in [-0.4, -0.2) is 11.6 Å². The standard InChI is InChI=1S/C20H30O2/c1-12(21)15-5-6-17-16(15)7-8-19-18(17)4-3-13-11-14(22)9-10-20(13,19)2/h13,15-19H,3-11H2,1-2H3/t13-,15+,16?,17+,18-,19-,20-/m0/s1. The molecule has 22 heavy (non-hydrogen) atoms. The van der Waals surface area contributed by atoms with Crippen LogP contribution in [-0.2, 0) is 9.59 Å². The summed E-state index contributed by atoms with van der Waals surface area (Å²) in [5, 5.41) is 0. The third-order valence-electron chi connectivity index (χ3n) is 8.32. The van der Waals surface area contributed by atoms with Gasteiger partial charge in [-0.25, -0.2) is 0 Å². The van der Waals surface area contributed by atoms with Gasteiger partial charge in [-0.15, -0.1) is 0 Å². The lowest BCUT2D eigenvalue weighted by atomic mass is 9.47. The van der Waals surface area contributed by atoms with Gasteiger partial charge in [0.25, 0.3) is 0 Å². The van der Waals surface area contributed by atoms with Crippen molar-refractivity contribution in [3.63, 3.8) is 0 Å². The normalized spacial score (nSPS) is 50.9. The first-order valence-corrected chi connectivity index (χ1v) is 9.53. The van der Waals surface area contributed by atoms with Gasteiger partial charge in [-0.05, 0) is 86.9 Å². The first kappa shape index (κ1) is 14.9. The highest BCUT2D eigenvalue weighted by atomic mass is 16.1. The summed E-state index contributed by atoms with van der Waals surface area (Å²) in [6, 6.07) is 0. The first-order chi connectivity index (χ1) is 10.5. The molecule has 4 fully saturated rings. The fraction of sp³-hybridized carbons (Fsp3) is 0.900. The summed E-state index contributed by atoms with van der Waals surface area (Å²) in [6.45, 7) is 4.31. The van der Waals surface area contributed by atoms with Gasteiger partial charge in [-0.3, -0.25) is 9.59 Å². The molecule has 2 heteroatoms. The van der Waals surface area contributed by atoms with Crippen molar-refractivity contribution in [2.75, 3.05) is 0 Å². The number of fused-ring (bicyclic) bond motifs is 5. The SMILES string of the molecule is CC(=O)[C@H]1CC[C@@H]2C1CC[C@H]1[C@H]2CC[C@H]2CC(=O)CC[C@@]21C. The lowest BCUT2D eigenvalue weighted by Gasteiger charge is -2.58. The van der Waals surface area contributed by atoms with Crippen molar-refractivity contribution in [2.24, 2.45) is 40.9 Å². The third kappa shape index (κ3) is 2.05. The molecule has 0 bridgehead atoms. The Balaban J connectivity index is 1.58. The minimum atomic E-state index is 0.365. The lowest BCUT2D eigenvalue weighted by molar-refractivity contribution is -0.136. The smallest absolute Gasteiger partial charge is 0.133 e. The fourth-order valence-corrected chi connectivity index (χ4v) is 7.21. The molecule has 122 valence electrons. The Kier molecular flexibility index (Phi) is 3.51. The van der Waals surface area contributed by atoms with Gasteiger partial charge < -0.3 is 0 Å². The Labute approximate surface area is 134 Å². The van der Waals surface area contributed by atoms with Gasteiger partial charge in [0.05, 0.1) is 0 Å². The number of Topliss-reactive ketones (excluding diaryl/α,β-unsaturated/α-hetero) is 2. The number of hydrogen-bond acceptors (Lipinski definition) is 2. The van der Waals surface area contributed by atoms with Crippen LogP contribution in [0.5, 0.6) is 0 Å². The molecule has 0 saturated heterocycles. The van der Waals surface area contributed by atoms with Crippen LogP contribution < -0.4 is 0 Å². The maximum atomic E-state index is 12.0. The zero-order chi connectivity index (χ0) is 15.5. The van der Waals surface area contributed by atoms with E-state index in [0.717, 1.165) is 43.4 Å². The molecule has 0 aromatic carbocycles. The van der Waals surface area contributed by atoms with Gasteiger partial charge in [-0.2, -0.15) is 0 Å². The van der Waals surface area contributed by atoms with Crippen LogP contribution in [0.25, 0.3) is 0 Å². The van der Waals surface area contributed by atoms with E-state index in [4.69, 9.17) is 0 Å². The number of hydrogen-bond donors (Lipinski definition) is 0. The van der Waals surface area contributed by atoms with E-state index in [1.807, 2.05) is 6.92 Å². The summed E-state index contributed by atoms with van der Waals surface area (Å²) < 4.78 is 0. The maximum Gasteiger partial charge on any atom is 0.133 e. The van der Waals surface area contributed by atoms with E-state index in [0.29, 0.717) is 34.7 Å². The summed E-state index contributed by atoms with van der Waals surface area (Å²) in [5.74, 6) is 5.12. The molecule has 0 aromatic heterocycles. The average molecular weight is 302 g/mol. The zero-order valence-electron chi connectivity index (χ0n) is 14.1. The van der Waals surface area contributed by atoms with Crippen LogP contribution >= 0.6 is 0 Å². The lowest BCUT2D eigenvalue weighted by Crippen LogP contribution is -2.51. The van der Waals surface area contributed by atoms with E-state index in [1.165, 1.54) is 32.1 Å². The Hall–Kier alpha value is -0.660. The molecule has 0 heterocycles. The van der Waals surface area contributed by atoms with Crippen molar-refractivity contribution < 1.29 is 9.59 Å². The van der Waals surface area contributed by atoms with Crippen molar-refractivity contribution >= 4 is 11.6 Å². The average Bonchev–Trinajstić information content (AvgIpc) is 2.92. The zero-order valence-corrected chi connectivity index (χ0v) is 14.1. The molecule has 0 amide bonds. The Morgan fingerprint density at radius 2 is 1.73 bits per heavy atom. The maximum absolute atomic E-state index is 12.0. The first-order valence-electron chi connectivity index (χ1n) is 9.53. The van der Waals surface area contributed by atoms with Crippen molar-refractivity contribution in [2.45, 2.75) is 71.6 Å². The topological polar surface area (TPSA) is 34.1 Å². The van der Waals surface area contributed by atoms with Crippen molar-refractivity contribution in [1.82, 2.24) is 0 Å². The minimum Gasteiger partial charge on any atom is -0.300 e. The number of rotatable bonds is 1. The van der Waals surface area contributed by atoms with Gasteiger partial charge >= 0.3 is 0 Å². The molecule has 0 aromatic rings. The Morgan fingerprint density at radius 3 is 2.50 bits per heavy atom. The van der Waals surface area contributed by atoms with Crippen molar-refractivity contribution in [1.29, 1.82) is 0 Å². The van der Waals surface area contributed by atoms with Gasteiger partial charge in [-0.1, -0.05) is 6.92 Å². The Morgan fingerprint density at radius 1 is 1.00 bits per heavy atom. The molecular formula is C20H30O2. The summed E-state index contributed by atoms with van der Waals surface area (Å²) in [5.41, 5.74) is 0.413. The van der Waals surface area contributed by atoms with Crippen LogP contribution in [0.15, 0.2) is 0 Å². The highest BCUT2D eigenvalue weighted by Gasteiger charge is 2.56. The minimum absolute atomic E-state index is 0.365. The predicted molar refractivity (Wildman–Crippen MR) is 86.3 cm³/mol. The molecule has 0 spiro atoms. The van der Waals surface area contributed by atoms with Gasteiger partial charge in [0.15, 0.2) is 0 Å². The van der Waals surface area contributed by atoms with Crippen LogP contribution in [0.1, 0.15) is 71.6 Å². The number of ketones is 2. The number of carbonyl (C=O) groups is 2. The van der Waals surface area contributed by atoms with E-state index in [9.17, 15) is 9.59 Å². The third-order valence-corrected chi connectivity index (χ3v) is 8.32. The highest BCUT2D eigenvalue weighted by Crippen LogP contribution is 2.63. The second-order valence-corrected chi connectivity index (χ2v) is 8.99. The molecule has 1 unspecified atom stereocenters. The molecule has 0 N–H and O–H groups in total. The highest BCUT2D eigenvalue weighted by molar-refractivity contribution is 5.80. The fourth-order valence-electron chi connectivity index (χ4n) is 7.21. The largest absolute Gasteiger partial charge is 0.300 e. The van der Waals surface area contributed by atoms with E-state index >= 15 is 0 Å². The molecule has 4 aliphatic carbocycles. The molecule has 0 aliphatic heterocycles. The van der Waals surface area contributed by atoms with E-state index < -0.39 is 0 Å². The molecular weight excluding hydrogens is 272 g/mol. The summed E-state index contributed by atoms with van der Waals surface area (Å²) >= 11 is 0. The van der Waals surface area contributed by atoms with Crippen LogP contribution in [0.4, 0.5) is 0 Å². The van der Waals surface area contributed by atoms with Crippen LogP contribution in [0.2, 0.25) is 0 Å². The quantitative estimate of drug-likeness (QED) is 0.719. The summed E-state index contributed by atoms with van der Waals surface area (Å²) in [7, 11) is 0. The van der Waals surface area contributed by atoms with Gasteiger partial charge in [0.1, 0.15) is 11.6 Å². The van der Waals surface area contributed by atoms with E-state index in [1.54, 1.807) is 0 Å². The van der Waals surface area contributed by atoms with Gasteiger partial charge in [0.2, 0.25) is 0 Å². The summed E-state index contributed by atoms with van der Waals surface area (Å²) in [6.07, 6.45) is 10.4. The van der Waals surface area contributed by atoms with Crippen LogP contribution in [0, 0.1) is 40.9 Å². The predicted octanol–water partition coefficient (Wildman–Crippen LogP) is 4.41. The second-order valence-electron chi connectivity index (χ2n) is 8.99. The summed E-state index contributed by atoms with van der Waals surface area (Å²) in [4.78, 5) is 23.8. The molecule has 4 rings (SSSR count). The number of carbonyl (C=O) groups excluding carboxylic acids is 2. The second kappa shape index (κ2) is 5.18.